The van der Waals surface area contributed by atoms with E-state index < -0.39 is 0 Å². The van der Waals surface area contributed by atoms with Crippen LogP contribution in [0, 0.1) is 0 Å². The van der Waals surface area contributed by atoms with Gasteiger partial charge in [-0.05, 0) is 12.1 Å². The molecule has 0 unspecified atom stereocenters. The summed E-state index contributed by atoms with van der Waals surface area (Å²) in [7, 11) is 1.95. The molecule has 14 heavy (non-hydrogen) atoms. The van der Waals surface area contributed by atoms with E-state index in [4.69, 9.17) is 5.73 Å². The molecule has 5 heteroatoms. The Labute approximate surface area is 81.6 Å². The molecule has 2 rings (SSSR count). The number of hydrogen-bond acceptors (Lipinski definition) is 4. The Morgan fingerprint density at radius 1 is 1.36 bits per heavy atom. The topological polar surface area (TPSA) is 69.6 Å². The average molecular weight is 189 g/mol. The molecule has 5 nitrogen and oxygen atoms in total. The lowest BCUT2D eigenvalue weighted by Crippen LogP contribution is -2.02. The number of nitrogen functional groups attached to an aromatic ring is 1. The third-order valence-corrected chi connectivity index (χ3v) is 2.00. The van der Waals surface area contributed by atoms with Crippen LogP contribution in [0.3, 0.4) is 0 Å². The average Bonchev–Trinajstić information content (AvgIpc) is 2.56. The zero-order chi connectivity index (χ0) is 9.97. The van der Waals surface area contributed by atoms with Crippen LogP contribution in [-0.2, 0) is 13.5 Å². The summed E-state index contributed by atoms with van der Waals surface area (Å²) in [5.41, 5.74) is 6.30. The maximum absolute atomic E-state index is 5.44. The highest BCUT2D eigenvalue weighted by Crippen LogP contribution is 2.04. The Balaban J connectivity index is 2.19. The number of rotatable bonds is 2. The molecule has 0 bridgehead atoms. The molecule has 0 spiro atoms. The number of nitrogens with zero attached hydrogens (tertiary/aromatic N) is 4. The summed E-state index contributed by atoms with van der Waals surface area (Å²) in [6, 6.07) is 3.60. The maximum atomic E-state index is 5.44. The van der Waals surface area contributed by atoms with E-state index in [1.807, 2.05) is 23.9 Å². The van der Waals surface area contributed by atoms with E-state index in [1.54, 1.807) is 12.3 Å². The minimum atomic E-state index is 0.439. The molecular formula is C9H11N5. The van der Waals surface area contributed by atoms with Crippen LogP contribution in [0.25, 0.3) is 0 Å². The molecule has 0 radical (unpaired) electrons. The van der Waals surface area contributed by atoms with E-state index in [9.17, 15) is 0 Å². The van der Waals surface area contributed by atoms with Gasteiger partial charge in [-0.15, -0.1) is 5.10 Å². The van der Waals surface area contributed by atoms with Gasteiger partial charge in [0, 0.05) is 19.4 Å². The largest absolute Gasteiger partial charge is 0.382 e. The van der Waals surface area contributed by atoms with Crippen molar-refractivity contribution in [1.29, 1.82) is 0 Å². The van der Waals surface area contributed by atoms with Crippen LogP contribution in [0.5, 0.6) is 0 Å². The van der Waals surface area contributed by atoms with Crippen LogP contribution in [-0.4, -0.2) is 19.7 Å². The molecule has 72 valence electrons. The lowest BCUT2D eigenvalue weighted by molar-refractivity contribution is 0.800. The minimum Gasteiger partial charge on any atom is -0.382 e. The van der Waals surface area contributed by atoms with Gasteiger partial charge in [0.05, 0.1) is 12.1 Å². The van der Waals surface area contributed by atoms with Gasteiger partial charge >= 0.3 is 0 Å². The summed E-state index contributed by atoms with van der Waals surface area (Å²) < 4.78 is 1.96. The fourth-order valence-electron chi connectivity index (χ4n) is 1.19. The lowest BCUT2D eigenvalue weighted by atomic mass is 10.3. The quantitative estimate of drug-likeness (QED) is 0.741. The fourth-order valence-corrected chi connectivity index (χ4v) is 1.19. The smallest absolute Gasteiger partial charge is 0.146 e. The second-order valence-corrected chi connectivity index (χ2v) is 3.08. The van der Waals surface area contributed by atoms with Gasteiger partial charge in [0.1, 0.15) is 11.6 Å². The van der Waals surface area contributed by atoms with Crippen LogP contribution in [0.15, 0.2) is 24.5 Å². The van der Waals surface area contributed by atoms with Crippen molar-refractivity contribution in [3.05, 3.63) is 36.0 Å². The molecular weight excluding hydrogens is 178 g/mol. The normalized spacial score (nSPS) is 10.4. The van der Waals surface area contributed by atoms with E-state index in [-0.39, 0.29) is 0 Å². The Kier molecular flexibility index (Phi) is 2.14. The van der Waals surface area contributed by atoms with Crippen LogP contribution in [0.4, 0.5) is 5.82 Å². The van der Waals surface area contributed by atoms with Crippen LogP contribution in [0.2, 0.25) is 0 Å². The van der Waals surface area contributed by atoms with Crippen LogP contribution < -0.4 is 5.73 Å². The summed E-state index contributed by atoms with van der Waals surface area (Å²) in [6.07, 6.45) is 4.34. The number of anilines is 1. The van der Waals surface area contributed by atoms with Crippen LogP contribution >= 0.6 is 0 Å². The van der Waals surface area contributed by atoms with Crippen molar-refractivity contribution in [3.8, 4) is 0 Å². The van der Waals surface area contributed by atoms with Crippen molar-refractivity contribution >= 4 is 5.82 Å². The van der Waals surface area contributed by atoms with E-state index in [0.717, 1.165) is 11.5 Å². The van der Waals surface area contributed by atoms with Gasteiger partial charge in [-0.3, -0.25) is 0 Å². The van der Waals surface area contributed by atoms with Gasteiger partial charge in [0.15, 0.2) is 0 Å². The number of hydrogen-bond donors (Lipinski definition) is 1. The third-order valence-electron chi connectivity index (χ3n) is 2.00. The zero-order valence-electron chi connectivity index (χ0n) is 7.88. The molecule has 2 N–H and O–H groups in total. The van der Waals surface area contributed by atoms with Gasteiger partial charge < -0.3 is 10.3 Å². The Morgan fingerprint density at radius 2 is 2.21 bits per heavy atom. The molecule has 0 aliphatic carbocycles. The minimum absolute atomic E-state index is 0.439. The number of aromatic nitrogens is 4. The SMILES string of the molecule is Cn1ccnc1Cc1ccc(N)nn1. The zero-order valence-corrected chi connectivity index (χ0v) is 7.88. The van der Waals surface area contributed by atoms with Gasteiger partial charge in [-0.25, -0.2) is 4.98 Å². The molecule has 2 aromatic rings. The molecule has 0 aliphatic heterocycles. The van der Waals surface area contributed by atoms with Crippen LogP contribution in [0.1, 0.15) is 11.5 Å². The summed E-state index contributed by atoms with van der Waals surface area (Å²) in [5, 5.41) is 7.75. The van der Waals surface area contributed by atoms with Crippen molar-refractivity contribution in [1.82, 2.24) is 19.7 Å². The number of aryl methyl sites for hydroxylation is 1. The Hall–Kier alpha value is -1.91. The van der Waals surface area contributed by atoms with Gasteiger partial charge in [0.2, 0.25) is 0 Å². The molecule has 2 aromatic heterocycles. The van der Waals surface area contributed by atoms with E-state index >= 15 is 0 Å². The second-order valence-electron chi connectivity index (χ2n) is 3.08. The summed E-state index contributed by atoms with van der Waals surface area (Å²) in [6.45, 7) is 0. The second kappa shape index (κ2) is 3.45. The Bertz CT molecular complexity index is 417. The number of imidazole rings is 1. The summed E-state index contributed by atoms with van der Waals surface area (Å²) in [5.74, 6) is 1.40. The van der Waals surface area contributed by atoms with Gasteiger partial charge in [-0.2, -0.15) is 5.10 Å². The standard InChI is InChI=1S/C9H11N5/c1-14-5-4-11-9(14)6-7-2-3-8(10)13-12-7/h2-5H,6H2,1H3,(H2,10,13). The number of nitrogens with two attached hydrogens (primary N) is 1. The molecule has 0 fully saturated rings. The highest BCUT2D eigenvalue weighted by molar-refractivity contribution is 5.26. The molecule has 0 saturated heterocycles. The molecule has 2 heterocycles. The van der Waals surface area contributed by atoms with Crippen molar-refractivity contribution in [3.63, 3.8) is 0 Å². The maximum Gasteiger partial charge on any atom is 0.146 e. The highest BCUT2D eigenvalue weighted by atomic mass is 15.1. The van der Waals surface area contributed by atoms with Crippen molar-refractivity contribution in [2.24, 2.45) is 7.05 Å². The molecule has 0 saturated carbocycles. The molecule has 0 aromatic carbocycles. The third kappa shape index (κ3) is 1.71. The monoisotopic (exact) mass is 189 g/mol. The van der Waals surface area contributed by atoms with Gasteiger partial charge in [-0.1, -0.05) is 0 Å². The van der Waals surface area contributed by atoms with Crippen molar-refractivity contribution in [2.75, 3.05) is 5.73 Å². The first-order valence-electron chi connectivity index (χ1n) is 4.30. The fraction of sp³-hybridized carbons (Fsp3) is 0.222. The van der Waals surface area contributed by atoms with E-state index in [2.05, 4.69) is 15.2 Å². The molecule has 0 atom stereocenters. The van der Waals surface area contributed by atoms with E-state index in [0.29, 0.717) is 12.2 Å². The predicted octanol–water partition coefficient (Wildman–Crippen LogP) is 0.383. The first kappa shape index (κ1) is 8.68. The van der Waals surface area contributed by atoms with Crippen molar-refractivity contribution in [2.45, 2.75) is 6.42 Å². The first-order chi connectivity index (χ1) is 6.75. The Morgan fingerprint density at radius 3 is 2.79 bits per heavy atom. The highest BCUT2D eigenvalue weighted by Gasteiger charge is 2.02. The first-order valence-corrected chi connectivity index (χ1v) is 4.30. The summed E-state index contributed by atoms with van der Waals surface area (Å²) in [4.78, 5) is 4.20. The molecule has 0 amide bonds. The van der Waals surface area contributed by atoms with Gasteiger partial charge in [0.25, 0.3) is 0 Å². The predicted molar refractivity (Wildman–Crippen MR) is 52.5 cm³/mol. The molecule has 0 aliphatic rings. The lowest BCUT2D eigenvalue weighted by Gasteiger charge is -2.00. The van der Waals surface area contributed by atoms with Crippen molar-refractivity contribution < 1.29 is 0 Å². The summed E-state index contributed by atoms with van der Waals surface area (Å²) >= 11 is 0. The van der Waals surface area contributed by atoms with E-state index in [1.165, 1.54) is 0 Å².